The van der Waals surface area contributed by atoms with E-state index in [2.05, 4.69) is 16.4 Å². The number of nitriles is 1. The van der Waals surface area contributed by atoms with E-state index in [0.717, 1.165) is 16.7 Å². The number of carboxylic acid groups (broad SMARTS) is 1. The van der Waals surface area contributed by atoms with Gasteiger partial charge in [-0.15, -0.1) is 0 Å². The molecular formula is C31H30N4O4. The van der Waals surface area contributed by atoms with Gasteiger partial charge in [-0.1, -0.05) is 44.2 Å². The highest BCUT2D eigenvalue weighted by molar-refractivity contribution is 5.94. The van der Waals surface area contributed by atoms with E-state index in [1.165, 1.54) is 4.90 Å². The van der Waals surface area contributed by atoms with Gasteiger partial charge in [0.25, 0.3) is 5.91 Å². The van der Waals surface area contributed by atoms with Crippen molar-refractivity contribution in [1.29, 1.82) is 5.26 Å². The predicted octanol–water partition coefficient (Wildman–Crippen LogP) is 5.93. The lowest BCUT2D eigenvalue weighted by molar-refractivity contribution is 0.0908. The maximum Gasteiger partial charge on any atom is 0.407 e. The molecule has 4 aromatic rings. The summed E-state index contributed by atoms with van der Waals surface area (Å²) in [6.45, 7) is 5.35. The highest BCUT2D eigenvalue weighted by Crippen LogP contribution is 2.35. The van der Waals surface area contributed by atoms with Crippen molar-refractivity contribution in [2.24, 2.45) is 0 Å². The second-order valence-corrected chi connectivity index (χ2v) is 10.4. The molecule has 0 atom stereocenters. The molecule has 39 heavy (non-hydrogen) atoms. The van der Waals surface area contributed by atoms with E-state index in [0.29, 0.717) is 60.6 Å². The fourth-order valence-corrected chi connectivity index (χ4v) is 5.28. The second kappa shape index (κ2) is 10.6. The van der Waals surface area contributed by atoms with E-state index in [9.17, 15) is 20.0 Å². The van der Waals surface area contributed by atoms with Crippen LogP contribution in [-0.2, 0) is 5.41 Å². The molecule has 2 amide bonds. The van der Waals surface area contributed by atoms with Crippen LogP contribution in [0.3, 0.4) is 0 Å². The summed E-state index contributed by atoms with van der Waals surface area (Å²) < 4.78 is 6.09. The molecule has 198 valence electrons. The molecule has 3 aromatic carbocycles. The van der Waals surface area contributed by atoms with Gasteiger partial charge in [0.15, 0.2) is 5.58 Å². The fraction of sp³-hybridized carbons (Fsp3) is 0.290. The van der Waals surface area contributed by atoms with Gasteiger partial charge in [0, 0.05) is 41.7 Å². The SMILES string of the molecule is CC(C)c1cc(C#N)cc2nc(-c3ccc(C(=O)NCC4(c5ccccc5)CCN(C(=O)O)CC4)cc3)oc12. The Morgan fingerprint density at radius 1 is 1.10 bits per heavy atom. The topological polar surface area (TPSA) is 119 Å². The van der Waals surface area contributed by atoms with Crippen molar-refractivity contribution in [3.05, 3.63) is 89.0 Å². The van der Waals surface area contributed by atoms with E-state index >= 15 is 0 Å². The molecule has 8 nitrogen and oxygen atoms in total. The molecule has 1 aliphatic heterocycles. The van der Waals surface area contributed by atoms with Crippen LogP contribution >= 0.6 is 0 Å². The van der Waals surface area contributed by atoms with Crippen molar-refractivity contribution in [1.82, 2.24) is 15.2 Å². The van der Waals surface area contributed by atoms with Crippen LogP contribution in [0.5, 0.6) is 0 Å². The monoisotopic (exact) mass is 522 g/mol. The molecule has 1 fully saturated rings. The van der Waals surface area contributed by atoms with Crippen molar-refractivity contribution >= 4 is 23.1 Å². The molecule has 0 saturated carbocycles. The number of oxazole rings is 1. The summed E-state index contributed by atoms with van der Waals surface area (Å²) in [4.78, 5) is 30.6. The van der Waals surface area contributed by atoms with Gasteiger partial charge in [-0.3, -0.25) is 4.79 Å². The normalized spacial score (nSPS) is 14.8. The van der Waals surface area contributed by atoms with Crippen molar-refractivity contribution in [3.8, 4) is 17.5 Å². The Kier molecular flexibility index (Phi) is 7.07. The number of fused-ring (bicyclic) bond motifs is 1. The van der Waals surface area contributed by atoms with E-state index in [1.54, 1.807) is 30.3 Å². The van der Waals surface area contributed by atoms with Gasteiger partial charge in [-0.25, -0.2) is 9.78 Å². The summed E-state index contributed by atoms with van der Waals surface area (Å²) in [5.74, 6) is 0.404. The molecule has 1 aliphatic rings. The van der Waals surface area contributed by atoms with Crippen LogP contribution in [0.25, 0.3) is 22.6 Å². The first-order valence-electron chi connectivity index (χ1n) is 13.1. The number of carbonyl (C=O) groups excluding carboxylic acids is 1. The van der Waals surface area contributed by atoms with Gasteiger partial charge in [0.1, 0.15) is 5.52 Å². The zero-order valence-electron chi connectivity index (χ0n) is 22.0. The first kappa shape index (κ1) is 26.0. The zero-order valence-corrected chi connectivity index (χ0v) is 22.0. The Bertz CT molecular complexity index is 1540. The number of nitrogens with zero attached hydrogens (tertiary/aromatic N) is 3. The summed E-state index contributed by atoms with van der Waals surface area (Å²) in [6, 6.07) is 22.8. The second-order valence-electron chi connectivity index (χ2n) is 10.4. The maximum atomic E-state index is 13.1. The molecule has 2 heterocycles. The Balaban J connectivity index is 1.33. The third-order valence-corrected chi connectivity index (χ3v) is 7.63. The molecule has 0 aliphatic carbocycles. The molecule has 0 unspecified atom stereocenters. The number of benzene rings is 3. The van der Waals surface area contributed by atoms with Crippen LogP contribution in [0.15, 0.2) is 71.1 Å². The van der Waals surface area contributed by atoms with Crippen LogP contribution in [0.4, 0.5) is 4.79 Å². The third kappa shape index (κ3) is 5.21. The highest BCUT2D eigenvalue weighted by Gasteiger charge is 2.37. The van der Waals surface area contributed by atoms with E-state index in [-0.39, 0.29) is 17.2 Å². The van der Waals surface area contributed by atoms with Gasteiger partial charge in [-0.2, -0.15) is 5.26 Å². The lowest BCUT2D eigenvalue weighted by Gasteiger charge is -2.41. The molecule has 0 bridgehead atoms. The number of hydrogen-bond acceptors (Lipinski definition) is 5. The number of rotatable bonds is 6. The zero-order chi connectivity index (χ0) is 27.6. The van der Waals surface area contributed by atoms with Crippen molar-refractivity contribution in [2.45, 2.75) is 38.0 Å². The van der Waals surface area contributed by atoms with Gasteiger partial charge < -0.3 is 19.7 Å². The number of amides is 2. The van der Waals surface area contributed by atoms with Crippen LogP contribution in [0.2, 0.25) is 0 Å². The van der Waals surface area contributed by atoms with E-state index in [1.807, 2.05) is 50.2 Å². The molecule has 0 spiro atoms. The summed E-state index contributed by atoms with van der Waals surface area (Å²) in [7, 11) is 0. The quantitative estimate of drug-likeness (QED) is 0.324. The van der Waals surface area contributed by atoms with Crippen LogP contribution < -0.4 is 5.32 Å². The van der Waals surface area contributed by atoms with Gasteiger partial charge >= 0.3 is 6.09 Å². The average molecular weight is 523 g/mol. The van der Waals surface area contributed by atoms with Crippen molar-refractivity contribution in [3.63, 3.8) is 0 Å². The smallest absolute Gasteiger partial charge is 0.407 e. The Labute approximate surface area is 226 Å². The van der Waals surface area contributed by atoms with E-state index < -0.39 is 6.09 Å². The largest absolute Gasteiger partial charge is 0.465 e. The molecule has 0 radical (unpaired) electrons. The number of carbonyl (C=O) groups is 2. The minimum Gasteiger partial charge on any atom is -0.465 e. The molecule has 8 heteroatoms. The maximum absolute atomic E-state index is 13.1. The summed E-state index contributed by atoms with van der Waals surface area (Å²) in [5, 5.41) is 21.9. The predicted molar refractivity (Wildman–Crippen MR) is 148 cm³/mol. The standard InChI is InChI=1S/C31H30N4O4/c1-20(2)25-16-21(18-32)17-26-27(25)39-29(34-26)23-10-8-22(9-11-23)28(36)33-19-31(24-6-4-3-5-7-24)12-14-35(15-13-31)30(37)38/h3-11,16-17,20H,12-15,19H2,1-2H3,(H,33,36)(H,37,38). The number of aromatic nitrogens is 1. The highest BCUT2D eigenvalue weighted by atomic mass is 16.4. The van der Waals surface area contributed by atoms with Gasteiger partial charge in [0.05, 0.1) is 11.6 Å². The Morgan fingerprint density at radius 2 is 1.79 bits per heavy atom. The Hall–Kier alpha value is -4.64. The molecule has 5 rings (SSSR count). The fourth-order valence-electron chi connectivity index (χ4n) is 5.28. The molecular weight excluding hydrogens is 492 g/mol. The number of hydrogen-bond donors (Lipinski definition) is 2. The minimum atomic E-state index is -0.911. The van der Waals surface area contributed by atoms with Crippen LogP contribution in [0, 0.1) is 11.3 Å². The Morgan fingerprint density at radius 3 is 2.41 bits per heavy atom. The third-order valence-electron chi connectivity index (χ3n) is 7.63. The lowest BCUT2D eigenvalue weighted by atomic mass is 9.72. The van der Waals surface area contributed by atoms with Crippen LogP contribution in [0.1, 0.15) is 59.7 Å². The molecule has 2 N–H and O–H groups in total. The molecule has 1 aromatic heterocycles. The number of likely N-dealkylation sites (tertiary alicyclic amines) is 1. The summed E-state index contributed by atoms with van der Waals surface area (Å²) >= 11 is 0. The molecule has 1 saturated heterocycles. The van der Waals surface area contributed by atoms with Crippen molar-refractivity contribution < 1.29 is 19.1 Å². The van der Waals surface area contributed by atoms with Gasteiger partial charge in [-0.05, 0) is 60.7 Å². The summed E-state index contributed by atoms with van der Waals surface area (Å²) in [5.41, 5.74) is 4.78. The first-order chi connectivity index (χ1) is 18.8. The lowest BCUT2D eigenvalue weighted by Crippen LogP contribution is -2.50. The number of piperidine rings is 1. The van der Waals surface area contributed by atoms with E-state index in [4.69, 9.17) is 4.42 Å². The van der Waals surface area contributed by atoms with Crippen LogP contribution in [-0.4, -0.2) is 46.6 Å². The minimum absolute atomic E-state index is 0.170. The van der Waals surface area contributed by atoms with Crippen molar-refractivity contribution in [2.75, 3.05) is 19.6 Å². The first-order valence-corrected chi connectivity index (χ1v) is 13.1. The van der Waals surface area contributed by atoms with Gasteiger partial charge in [0.2, 0.25) is 5.89 Å². The average Bonchev–Trinajstić information content (AvgIpc) is 3.40. The number of nitrogens with one attached hydrogen (secondary N) is 1. The summed E-state index contributed by atoms with van der Waals surface area (Å²) in [6.07, 6.45) is 0.351.